The number of amides is 1. The number of piperidine rings is 1. The van der Waals surface area contributed by atoms with E-state index in [1.807, 2.05) is 48.3 Å². The maximum Gasteiger partial charge on any atom is 0.225 e. The van der Waals surface area contributed by atoms with E-state index in [4.69, 9.17) is 4.98 Å². The van der Waals surface area contributed by atoms with Crippen LogP contribution in [-0.2, 0) is 11.2 Å². The summed E-state index contributed by atoms with van der Waals surface area (Å²) < 4.78 is 13.1. The molecule has 1 atom stereocenters. The number of nitrogens with zero attached hydrogens (tertiary/aromatic N) is 4. The number of likely N-dealkylation sites (tertiary alicyclic amines) is 1. The number of benzene rings is 2. The zero-order valence-electron chi connectivity index (χ0n) is 19.4. The van der Waals surface area contributed by atoms with Crippen molar-refractivity contribution < 1.29 is 9.18 Å². The van der Waals surface area contributed by atoms with Gasteiger partial charge in [0.25, 0.3) is 0 Å². The highest BCUT2D eigenvalue weighted by Crippen LogP contribution is 2.34. The Morgan fingerprint density at radius 3 is 2.61 bits per heavy atom. The van der Waals surface area contributed by atoms with Crippen LogP contribution in [0.25, 0.3) is 11.1 Å². The molecule has 6 heteroatoms. The van der Waals surface area contributed by atoms with Gasteiger partial charge in [-0.25, -0.2) is 14.4 Å². The predicted octanol–water partition coefficient (Wildman–Crippen LogP) is 5.08. The smallest absolute Gasteiger partial charge is 0.225 e. The molecule has 0 spiro atoms. The van der Waals surface area contributed by atoms with Crippen LogP contribution < -0.4 is 4.90 Å². The van der Waals surface area contributed by atoms with Crippen LogP contribution in [0.15, 0.2) is 60.8 Å². The van der Waals surface area contributed by atoms with E-state index in [1.54, 1.807) is 12.1 Å². The minimum atomic E-state index is -0.230. The number of hydrogen-bond donors (Lipinski definition) is 0. The number of anilines is 1. The van der Waals surface area contributed by atoms with E-state index >= 15 is 0 Å². The van der Waals surface area contributed by atoms with E-state index in [-0.39, 0.29) is 17.6 Å². The lowest BCUT2D eigenvalue weighted by atomic mass is 9.89. The average molecular weight is 447 g/mol. The van der Waals surface area contributed by atoms with E-state index in [0.717, 1.165) is 54.6 Å². The predicted molar refractivity (Wildman–Crippen MR) is 130 cm³/mol. The maximum atomic E-state index is 13.1. The Morgan fingerprint density at radius 1 is 1.12 bits per heavy atom. The van der Waals surface area contributed by atoms with Gasteiger partial charge < -0.3 is 9.80 Å². The molecule has 1 aliphatic rings. The second-order valence-corrected chi connectivity index (χ2v) is 8.89. The average Bonchev–Trinajstić information content (AvgIpc) is 2.85. The van der Waals surface area contributed by atoms with Gasteiger partial charge in [-0.3, -0.25) is 4.79 Å². The number of hydrogen-bond acceptors (Lipinski definition) is 4. The highest BCUT2D eigenvalue weighted by Gasteiger charge is 2.28. The first-order valence-corrected chi connectivity index (χ1v) is 11.6. The first-order chi connectivity index (χ1) is 16.0. The van der Waals surface area contributed by atoms with Crippen molar-refractivity contribution in [2.45, 2.75) is 38.0 Å². The van der Waals surface area contributed by atoms with Gasteiger partial charge in [0.2, 0.25) is 11.9 Å². The van der Waals surface area contributed by atoms with Crippen LogP contribution in [0.4, 0.5) is 10.3 Å². The van der Waals surface area contributed by atoms with Crippen molar-refractivity contribution >= 4 is 11.9 Å². The topological polar surface area (TPSA) is 49.3 Å². The minimum absolute atomic E-state index is 0.178. The molecule has 172 valence electrons. The zero-order valence-corrected chi connectivity index (χ0v) is 19.4. The fraction of sp³-hybridized carbons (Fsp3) is 0.370. The summed E-state index contributed by atoms with van der Waals surface area (Å²) in [5, 5.41) is 0. The number of halogens is 1. The molecule has 0 unspecified atom stereocenters. The zero-order chi connectivity index (χ0) is 23.2. The summed E-state index contributed by atoms with van der Waals surface area (Å²) in [4.78, 5) is 26.4. The molecule has 5 nitrogen and oxygen atoms in total. The molecule has 0 N–H and O–H groups in total. The summed E-state index contributed by atoms with van der Waals surface area (Å²) in [7, 11) is 3.89. The molecular weight excluding hydrogens is 415 g/mol. The molecular formula is C27H31FN4O. The van der Waals surface area contributed by atoms with Crippen molar-refractivity contribution in [3.63, 3.8) is 0 Å². The summed E-state index contributed by atoms with van der Waals surface area (Å²) in [5.41, 5.74) is 4.21. The normalized spacial score (nSPS) is 16.0. The molecule has 4 rings (SSSR count). The molecule has 1 aliphatic heterocycles. The summed E-state index contributed by atoms with van der Waals surface area (Å²) in [5.74, 6) is 0.820. The molecule has 1 amide bonds. The Morgan fingerprint density at radius 2 is 1.88 bits per heavy atom. The molecule has 0 radical (unpaired) electrons. The van der Waals surface area contributed by atoms with Gasteiger partial charge in [0, 0.05) is 51.3 Å². The van der Waals surface area contributed by atoms with Crippen molar-refractivity contribution in [1.82, 2.24) is 14.9 Å². The second kappa shape index (κ2) is 10.6. The van der Waals surface area contributed by atoms with E-state index in [1.165, 1.54) is 12.1 Å². The molecule has 3 aromatic rings. The number of carbonyl (C=O) groups is 1. The maximum absolute atomic E-state index is 13.1. The van der Waals surface area contributed by atoms with Crippen LogP contribution in [0.1, 0.15) is 42.9 Å². The Balaban J connectivity index is 1.46. The molecule has 1 aromatic heterocycles. The second-order valence-electron chi connectivity index (χ2n) is 8.89. The largest absolute Gasteiger partial charge is 0.347 e. The van der Waals surface area contributed by atoms with E-state index in [2.05, 4.69) is 17.1 Å². The number of carbonyl (C=O) groups excluding carboxylic acids is 1. The molecule has 2 heterocycles. The third kappa shape index (κ3) is 5.75. The Kier molecular flexibility index (Phi) is 7.33. The molecule has 1 saturated heterocycles. The summed E-state index contributed by atoms with van der Waals surface area (Å²) in [6.45, 7) is 1.47. The quantitative estimate of drug-likeness (QED) is 0.508. The lowest BCUT2D eigenvalue weighted by molar-refractivity contribution is -0.132. The summed E-state index contributed by atoms with van der Waals surface area (Å²) in [6, 6.07) is 16.7. The van der Waals surface area contributed by atoms with Crippen LogP contribution >= 0.6 is 0 Å². The third-order valence-corrected chi connectivity index (χ3v) is 6.22. The molecule has 1 fully saturated rings. The van der Waals surface area contributed by atoms with E-state index in [9.17, 15) is 9.18 Å². The van der Waals surface area contributed by atoms with Gasteiger partial charge in [-0.2, -0.15) is 0 Å². The van der Waals surface area contributed by atoms with Crippen LogP contribution in [0, 0.1) is 5.82 Å². The molecule has 2 aromatic carbocycles. The molecule has 0 bridgehead atoms. The fourth-order valence-electron chi connectivity index (χ4n) is 4.43. The number of rotatable bonds is 7. The van der Waals surface area contributed by atoms with Gasteiger partial charge in [0.05, 0.1) is 5.69 Å². The van der Waals surface area contributed by atoms with Crippen molar-refractivity contribution in [3.8, 4) is 11.1 Å². The summed E-state index contributed by atoms with van der Waals surface area (Å²) in [6.07, 6.45) is 5.92. The highest BCUT2D eigenvalue weighted by atomic mass is 19.1. The van der Waals surface area contributed by atoms with Crippen molar-refractivity contribution in [2.24, 2.45) is 0 Å². The number of aryl methyl sites for hydroxylation is 1. The van der Waals surface area contributed by atoms with Crippen LogP contribution in [-0.4, -0.2) is 48.0 Å². The Labute approximate surface area is 195 Å². The van der Waals surface area contributed by atoms with Gasteiger partial charge >= 0.3 is 0 Å². The van der Waals surface area contributed by atoms with E-state index in [0.29, 0.717) is 18.9 Å². The van der Waals surface area contributed by atoms with Gasteiger partial charge in [-0.1, -0.05) is 42.5 Å². The van der Waals surface area contributed by atoms with Gasteiger partial charge in [-0.05, 0) is 48.9 Å². The van der Waals surface area contributed by atoms with Gasteiger partial charge in [0.15, 0.2) is 0 Å². The van der Waals surface area contributed by atoms with Gasteiger partial charge in [-0.15, -0.1) is 0 Å². The number of aromatic nitrogens is 2. The van der Waals surface area contributed by atoms with Crippen molar-refractivity contribution in [3.05, 3.63) is 77.9 Å². The SMILES string of the molecule is CN(C)c1ncc(-c2ccccc2)c([C@H]2CCCN(C(=O)CCCc3ccc(F)cc3)C2)n1. The van der Waals surface area contributed by atoms with Crippen LogP contribution in [0.3, 0.4) is 0 Å². The minimum Gasteiger partial charge on any atom is -0.347 e. The fourth-order valence-corrected chi connectivity index (χ4v) is 4.43. The highest BCUT2D eigenvalue weighted by molar-refractivity contribution is 5.76. The van der Waals surface area contributed by atoms with Crippen molar-refractivity contribution in [1.29, 1.82) is 0 Å². The van der Waals surface area contributed by atoms with Crippen molar-refractivity contribution in [2.75, 3.05) is 32.1 Å². The Hall–Kier alpha value is -3.28. The van der Waals surface area contributed by atoms with E-state index < -0.39 is 0 Å². The lowest BCUT2D eigenvalue weighted by Gasteiger charge is -2.33. The first-order valence-electron chi connectivity index (χ1n) is 11.6. The molecule has 0 aliphatic carbocycles. The molecule has 0 saturated carbocycles. The lowest BCUT2D eigenvalue weighted by Crippen LogP contribution is -2.39. The summed E-state index contributed by atoms with van der Waals surface area (Å²) >= 11 is 0. The van der Waals surface area contributed by atoms with Gasteiger partial charge in [0.1, 0.15) is 5.82 Å². The Bertz CT molecular complexity index is 1070. The first kappa shape index (κ1) is 22.9. The van der Waals surface area contributed by atoms with Crippen LogP contribution in [0.5, 0.6) is 0 Å². The monoisotopic (exact) mass is 446 g/mol. The standard InChI is InChI=1S/C27H31FN4O/c1-31(2)27-29-18-24(21-9-4-3-5-10-21)26(30-27)22-11-7-17-32(19-22)25(33)12-6-8-20-13-15-23(28)16-14-20/h3-5,9-10,13-16,18,22H,6-8,11-12,17,19H2,1-2H3/t22-/m0/s1. The molecule has 33 heavy (non-hydrogen) atoms. The third-order valence-electron chi connectivity index (χ3n) is 6.22. The van der Waals surface area contributed by atoms with Crippen LogP contribution in [0.2, 0.25) is 0 Å².